The Balaban J connectivity index is 1.67. The van der Waals surface area contributed by atoms with Crippen LogP contribution in [0.15, 0.2) is 48.5 Å². The highest BCUT2D eigenvalue weighted by Gasteiger charge is 2.34. The van der Waals surface area contributed by atoms with E-state index in [9.17, 15) is 14.4 Å². The van der Waals surface area contributed by atoms with Crippen molar-refractivity contribution < 1.29 is 19.1 Å². The first-order valence-corrected chi connectivity index (χ1v) is 9.12. The number of methoxy groups -OCH3 is 1. The molecule has 146 valence electrons. The minimum Gasteiger partial charge on any atom is -0.495 e. The molecule has 0 aliphatic carbocycles. The van der Waals surface area contributed by atoms with Crippen LogP contribution in [0.5, 0.6) is 5.75 Å². The SMILES string of the molecule is COc1ccccc1NC(=O)N1CCCC1C(=O)Nc1ccc(C(C)=O)cc1. The van der Waals surface area contributed by atoms with Gasteiger partial charge in [-0.3, -0.25) is 9.59 Å². The van der Waals surface area contributed by atoms with Gasteiger partial charge in [0, 0.05) is 17.8 Å². The van der Waals surface area contributed by atoms with Gasteiger partial charge in [-0.25, -0.2) is 4.79 Å². The van der Waals surface area contributed by atoms with E-state index in [1.165, 1.54) is 18.9 Å². The molecule has 3 amide bonds. The lowest BCUT2D eigenvalue weighted by molar-refractivity contribution is -0.119. The Morgan fingerprint density at radius 1 is 1.04 bits per heavy atom. The van der Waals surface area contributed by atoms with E-state index in [2.05, 4.69) is 10.6 Å². The van der Waals surface area contributed by atoms with Crippen molar-refractivity contribution in [3.63, 3.8) is 0 Å². The first-order chi connectivity index (χ1) is 13.5. The minimum atomic E-state index is -0.554. The highest BCUT2D eigenvalue weighted by Crippen LogP contribution is 2.26. The third-order valence-corrected chi connectivity index (χ3v) is 4.72. The number of rotatable bonds is 5. The molecule has 2 aromatic carbocycles. The van der Waals surface area contributed by atoms with Crippen molar-refractivity contribution in [2.45, 2.75) is 25.8 Å². The molecule has 28 heavy (non-hydrogen) atoms. The van der Waals surface area contributed by atoms with E-state index in [4.69, 9.17) is 4.74 Å². The number of anilines is 2. The Kier molecular flexibility index (Phi) is 5.93. The van der Waals surface area contributed by atoms with Gasteiger partial charge in [0.25, 0.3) is 0 Å². The van der Waals surface area contributed by atoms with Crippen molar-refractivity contribution in [3.05, 3.63) is 54.1 Å². The second-order valence-corrected chi connectivity index (χ2v) is 6.60. The normalized spacial score (nSPS) is 15.8. The number of hydrogen-bond acceptors (Lipinski definition) is 4. The zero-order valence-corrected chi connectivity index (χ0v) is 15.9. The van der Waals surface area contributed by atoms with E-state index < -0.39 is 6.04 Å². The van der Waals surface area contributed by atoms with Crippen molar-refractivity contribution in [3.8, 4) is 5.75 Å². The number of nitrogens with one attached hydrogen (secondary N) is 2. The van der Waals surface area contributed by atoms with Crippen molar-refractivity contribution in [1.82, 2.24) is 4.90 Å². The van der Waals surface area contributed by atoms with Crippen LogP contribution in [-0.4, -0.2) is 42.3 Å². The maximum atomic E-state index is 12.7. The number of amides is 3. The Morgan fingerprint density at radius 2 is 1.75 bits per heavy atom. The van der Waals surface area contributed by atoms with Gasteiger partial charge in [0.1, 0.15) is 11.8 Å². The number of hydrogen-bond donors (Lipinski definition) is 2. The van der Waals surface area contributed by atoms with E-state index in [0.29, 0.717) is 35.7 Å². The molecule has 1 unspecified atom stereocenters. The Hall–Kier alpha value is -3.35. The van der Waals surface area contributed by atoms with Gasteiger partial charge in [-0.1, -0.05) is 12.1 Å². The second-order valence-electron chi connectivity index (χ2n) is 6.60. The molecule has 1 heterocycles. The summed E-state index contributed by atoms with van der Waals surface area (Å²) in [6, 6.07) is 12.9. The Morgan fingerprint density at radius 3 is 2.43 bits per heavy atom. The quantitative estimate of drug-likeness (QED) is 0.776. The van der Waals surface area contributed by atoms with E-state index in [1.54, 1.807) is 42.5 Å². The molecule has 7 nitrogen and oxygen atoms in total. The van der Waals surface area contributed by atoms with Crippen LogP contribution in [0.4, 0.5) is 16.2 Å². The molecule has 1 fully saturated rings. The number of Topliss-reactive ketones (excluding diaryl/α,β-unsaturated/α-hetero) is 1. The van der Waals surface area contributed by atoms with Gasteiger partial charge in [-0.15, -0.1) is 0 Å². The average Bonchev–Trinajstić information content (AvgIpc) is 3.19. The summed E-state index contributed by atoms with van der Waals surface area (Å²) in [5.74, 6) is 0.276. The topological polar surface area (TPSA) is 87.7 Å². The summed E-state index contributed by atoms with van der Waals surface area (Å²) in [5, 5.41) is 5.64. The maximum Gasteiger partial charge on any atom is 0.322 e. The summed E-state index contributed by atoms with van der Waals surface area (Å²) >= 11 is 0. The number of urea groups is 1. The van der Waals surface area contributed by atoms with Gasteiger partial charge in [0.2, 0.25) is 5.91 Å². The van der Waals surface area contributed by atoms with E-state index in [1.807, 2.05) is 6.07 Å². The smallest absolute Gasteiger partial charge is 0.322 e. The van der Waals surface area contributed by atoms with Crippen LogP contribution < -0.4 is 15.4 Å². The van der Waals surface area contributed by atoms with Gasteiger partial charge in [-0.05, 0) is 56.2 Å². The van der Waals surface area contributed by atoms with Crippen molar-refractivity contribution in [2.24, 2.45) is 0 Å². The van der Waals surface area contributed by atoms with Gasteiger partial charge >= 0.3 is 6.03 Å². The van der Waals surface area contributed by atoms with Crippen LogP contribution in [0.25, 0.3) is 0 Å². The van der Waals surface area contributed by atoms with Gasteiger partial charge in [0.15, 0.2) is 5.78 Å². The van der Waals surface area contributed by atoms with Crippen LogP contribution in [-0.2, 0) is 4.79 Å². The number of carbonyl (C=O) groups is 3. The second kappa shape index (κ2) is 8.56. The molecule has 3 rings (SSSR count). The molecular formula is C21H23N3O4. The molecule has 7 heteroatoms. The average molecular weight is 381 g/mol. The lowest BCUT2D eigenvalue weighted by atomic mass is 10.1. The number of nitrogens with zero attached hydrogens (tertiary/aromatic N) is 1. The number of ketones is 1. The molecule has 0 aromatic heterocycles. The molecule has 1 atom stereocenters. The maximum absolute atomic E-state index is 12.7. The lowest BCUT2D eigenvalue weighted by Crippen LogP contribution is -2.45. The number of likely N-dealkylation sites (tertiary alicyclic amines) is 1. The van der Waals surface area contributed by atoms with Crippen LogP contribution in [0.2, 0.25) is 0 Å². The number of para-hydroxylation sites is 2. The van der Waals surface area contributed by atoms with Crippen LogP contribution in [0.3, 0.4) is 0 Å². The standard InChI is InChI=1S/C21H23N3O4/c1-14(25)15-9-11-16(12-10-15)22-20(26)18-7-5-13-24(18)21(27)23-17-6-3-4-8-19(17)28-2/h3-4,6,8-12,18H,5,7,13H2,1-2H3,(H,22,26)(H,23,27). The zero-order valence-electron chi connectivity index (χ0n) is 15.9. The van der Waals surface area contributed by atoms with Gasteiger partial charge in [0.05, 0.1) is 12.8 Å². The fourth-order valence-corrected chi connectivity index (χ4v) is 3.23. The predicted octanol–water partition coefficient (Wildman–Crippen LogP) is 3.53. The fourth-order valence-electron chi connectivity index (χ4n) is 3.23. The van der Waals surface area contributed by atoms with Crippen LogP contribution >= 0.6 is 0 Å². The van der Waals surface area contributed by atoms with E-state index >= 15 is 0 Å². The molecule has 1 saturated heterocycles. The number of carbonyl (C=O) groups excluding carboxylic acids is 3. The third-order valence-electron chi connectivity index (χ3n) is 4.72. The van der Waals surface area contributed by atoms with Crippen LogP contribution in [0.1, 0.15) is 30.1 Å². The largest absolute Gasteiger partial charge is 0.495 e. The van der Waals surface area contributed by atoms with Crippen molar-refractivity contribution >= 4 is 29.1 Å². The molecule has 2 aromatic rings. The summed E-state index contributed by atoms with van der Waals surface area (Å²) in [7, 11) is 1.54. The molecule has 0 saturated carbocycles. The molecule has 1 aliphatic heterocycles. The van der Waals surface area contributed by atoms with Gasteiger partial charge < -0.3 is 20.3 Å². The summed E-state index contributed by atoms with van der Waals surface area (Å²) in [5.41, 5.74) is 1.73. The lowest BCUT2D eigenvalue weighted by Gasteiger charge is -2.24. The first-order valence-electron chi connectivity index (χ1n) is 9.12. The molecule has 0 radical (unpaired) electrons. The summed E-state index contributed by atoms with van der Waals surface area (Å²) in [6.07, 6.45) is 1.34. The molecular weight excluding hydrogens is 358 g/mol. The summed E-state index contributed by atoms with van der Waals surface area (Å²) in [6.45, 7) is 1.99. The third kappa shape index (κ3) is 4.31. The number of ether oxygens (including phenoxy) is 1. The fraction of sp³-hybridized carbons (Fsp3) is 0.286. The zero-order chi connectivity index (χ0) is 20.1. The molecule has 0 bridgehead atoms. The van der Waals surface area contributed by atoms with Gasteiger partial charge in [-0.2, -0.15) is 0 Å². The van der Waals surface area contributed by atoms with Crippen LogP contribution in [0, 0.1) is 0 Å². The highest BCUT2D eigenvalue weighted by atomic mass is 16.5. The van der Waals surface area contributed by atoms with Crippen molar-refractivity contribution in [2.75, 3.05) is 24.3 Å². The van der Waals surface area contributed by atoms with E-state index in [0.717, 1.165) is 6.42 Å². The molecule has 1 aliphatic rings. The highest BCUT2D eigenvalue weighted by molar-refractivity contribution is 6.00. The molecule has 2 N–H and O–H groups in total. The predicted molar refractivity (Wildman–Crippen MR) is 107 cm³/mol. The Bertz CT molecular complexity index is 879. The molecule has 0 spiro atoms. The Labute approximate surface area is 163 Å². The number of benzene rings is 2. The monoisotopic (exact) mass is 381 g/mol. The summed E-state index contributed by atoms with van der Waals surface area (Å²) in [4.78, 5) is 38.3. The van der Waals surface area contributed by atoms with Crippen molar-refractivity contribution in [1.29, 1.82) is 0 Å². The first kappa shape index (κ1) is 19.4. The minimum absolute atomic E-state index is 0.0344. The van der Waals surface area contributed by atoms with E-state index in [-0.39, 0.29) is 17.7 Å². The summed E-state index contributed by atoms with van der Waals surface area (Å²) < 4.78 is 5.25.